The van der Waals surface area contributed by atoms with Crippen LogP contribution >= 0.6 is 0 Å². The minimum absolute atomic E-state index is 0.0688. The molecule has 0 amide bonds. The highest BCUT2D eigenvalue weighted by molar-refractivity contribution is 5.74. The molecule has 0 radical (unpaired) electrons. The first kappa shape index (κ1) is 15.6. The molecular formula is C16H22O5. The Morgan fingerprint density at radius 1 is 1.29 bits per heavy atom. The van der Waals surface area contributed by atoms with E-state index in [2.05, 4.69) is 0 Å². The van der Waals surface area contributed by atoms with Crippen LogP contribution in [0.2, 0.25) is 0 Å². The molecule has 1 aromatic rings. The number of ether oxygens (including phenoxy) is 3. The number of benzene rings is 1. The molecule has 1 aliphatic heterocycles. The average molecular weight is 294 g/mol. The number of fused-ring (bicyclic) bond motifs is 1. The van der Waals surface area contributed by atoms with Crippen LogP contribution in [0, 0.1) is 11.8 Å². The smallest absolute Gasteiger partial charge is 0.312 e. The standard InChI is InChI=1S/C16H22O5/c1-10(2)14(15(17)19-4)16(3,18)11-5-6-12-13(9-11)21-8-7-20-12/h5-6,9-10,14,18H,7-8H2,1-4H3. The zero-order valence-corrected chi connectivity index (χ0v) is 12.9. The molecule has 1 aromatic carbocycles. The van der Waals surface area contributed by atoms with Crippen molar-refractivity contribution in [3.05, 3.63) is 23.8 Å². The van der Waals surface area contributed by atoms with E-state index in [0.29, 0.717) is 30.3 Å². The number of methoxy groups -OCH3 is 1. The first-order valence-corrected chi connectivity index (χ1v) is 7.08. The van der Waals surface area contributed by atoms with E-state index in [1.54, 1.807) is 25.1 Å². The van der Waals surface area contributed by atoms with Crippen molar-refractivity contribution < 1.29 is 24.1 Å². The lowest BCUT2D eigenvalue weighted by Crippen LogP contribution is -2.41. The molecule has 21 heavy (non-hydrogen) atoms. The summed E-state index contributed by atoms with van der Waals surface area (Å²) in [4.78, 5) is 12.0. The van der Waals surface area contributed by atoms with Crippen LogP contribution in [-0.4, -0.2) is 31.4 Å². The van der Waals surface area contributed by atoms with Gasteiger partial charge in [-0.15, -0.1) is 0 Å². The predicted octanol–water partition coefficient (Wildman–Crippen LogP) is 2.11. The van der Waals surface area contributed by atoms with E-state index in [4.69, 9.17) is 14.2 Å². The van der Waals surface area contributed by atoms with Gasteiger partial charge in [0.15, 0.2) is 11.5 Å². The number of hydrogen-bond acceptors (Lipinski definition) is 5. The van der Waals surface area contributed by atoms with Gasteiger partial charge in [-0.25, -0.2) is 0 Å². The van der Waals surface area contributed by atoms with Crippen LogP contribution in [0.25, 0.3) is 0 Å². The summed E-state index contributed by atoms with van der Waals surface area (Å²) in [6, 6.07) is 5.24. The first-order chi connectivity index (χ1) is 9.87. The molecule has 5 heteroatoms. The lowest BCUT2D eigenvalue weighted by molar-refractivity contribution is -0.159. The van der Waals surface area contributed by atoms with Crippen LogP contribution in [0.1, 0.15) is 26.3 Å². The topological polar surface area (TPSA) is 65.0 Å². The van der Waals surface area contributed by atoms with Gasteiger partial charge < -0.3 is 19.3 Å². The second kappa shape index (κ2) is 5.93. The summed E-state index contributed by atoms with van der Waals surface area (Å²) in [5.74, 6) is 0.0851. The molecular weight excluding hydrogens is 272 g/mol. The lowest BCUT2D eigenvalue weighted by atomic mass is 9.76. The predicted molar refractivity (Wildman–Crippen MR) is 77.3 cm³/mol. The zero-order chi connectivity index (χ0) is 15.6. The van der Waals surface area contributed by atoms with E-state index in [0.717, 1.165) is 0 Å². The summed E-state index contributed by atoms with van der Waals surface area (Å²) in [6.07, 6.45) is 0. The summed E-state index contributed by atoms with van der Waals surface area (Å²) in [6.45, 7) is 6.38. The number of carbonyl (C=O) groups is 1. The molecule has 5 nitrogen and oxygen atoms in total. The summed E-state index contributed by atoms with van der Waals surface area (Å²) in [7, 11) is 1.33. The van der Waals surface area contributed by atoms with Gasteiger partial charge in [0.1, 0.15) is 18.8 Å². The molecule has 2 atom stereocenters. The van der Waals surface area contributed by atoms with E-state index in [9.17, 15) is 9.90 Å². The fraction of sp³-hybridized carbons (Fsp3) is 0.562. The third kappa shape index (κ3) is 2.97. The number of hydrogen-bond donors (Lipinski definition) is 1. The molecule has 2 unspecified atom stereocenters. The van der Waals surface area contributed by atoms with Crippen LogP contribution in [-0.2, 0) is 15.1 Å². The number of esters is 1. The van der Waals surface area contributed by atoms with E-state index in [1.807, 2.05) is 13.8 Å². The Kier molecular flexibility index (Phi) is 4.42. The van der Waals surface area contributed by atoms with E-state index < -0.39 is 17.5 Å². The zero-order valence-electron chi connectivity index (χ0n) is 12.9. The Labute approximate surface area is 124 Å². The fourth-order valence-electron chi connectivity index (χ4n) is 2.82. The second-order valence-electron chi connectivity index (χ2n) is 5.75. The minimum atomic E-state index is -1.35. The van der Waals surface area contributed by atoms with Crippen molar-refractivity contribution in [3.8, 4) is 11.5 Å². The fourth-order valence-corrected chi connectivity index (χ4v) is 2.82. The van der Waals surface area contributed by atoms with Crippen molar-refractivity contribution in [2.45, 2.75) is 26.4 Å². The molecule has 0 bridgehead atoms. The van der Waals surface area contributed by atoms with Crippen molar-refractivity contribution in [3.63, 3.8) is 0 Å². The summed E-state index contributed by atoms with van der Waals surface area (Å²) >= 11 is 0. The van der Waals surface area contributed by atoms with Gasteiger partial charge in [-0.05, 0) is 30.5 Å². The third-order valence-electron chi connectivity index (χ3n) is 3.85. The van der Waals surface area contributed by atoms with Gasteiger partial charge in [0.25, 0.3) is 0 Å². The number of rotatable bonds is 4. The van der Waals surface area contributed by atoms with Crippen molar-refractivity contribution >= 4 is 5.97 Å². The maximum absolute atomic E-state index is 12.0. The number of aliphatic hydroxyl groups is 1. The molecule has 116 valence electrons. The van der Waals surface area contributed by atoms with E-state index >= 15 is 0 Å². The van der Waals surface area contributed by atoms with Gasteiger partial charge in [0.2, 0.25) is 0 Å². The molecule has 0 saturated carbocycles. The Morgan fingerprint density at radius 3 is 2.48 bits per heavy atom. The highest BCUT2D eigenvalue weighted by atomic mass is 16.6. The van der Waals surface area contributed by atoms with Gasteiger partial charge in [0, 0.05) is 0 Å². The Morgan fingerprint density at radius 2 is 1.90 bits per heavy atom. The Balaban J connectivity index is 2.39. The van der Waals surface area contributed by atoms with Crippen molar-refractivity contribution in [2.75, 3.05) is 20.3 Å². The lowest BCUT2D eigenvalue weighted by Gasteiger charge is -2.34. The quantitative estimate of drug-likeness (QED) is 0.862. The van der Waals surface area contributed by atoms with Crippen molar-refractivity contribution in [2.24, 2.45) is 11.8 Å². The van der Waals surface area contributed by atoms with Crippen LogP contribution in [0.3, 0.4) is 0 Å². The Bertz CT molecular complexity index is 521. The van der Waals surface area contributed by atoms with Crippen molar-refractivity contribution in [1.82, 2.24) is 0 Å². The van der Waals surface area contributed by atoms with Gasteiger partial charge in [-0.1, -0.05) is 19.9 Å². The highest BCUT2D eigenvalue weighted by Gasteiger charge is 2.42. The molecule has 1 heterocycles. The van der Waals surface area contributed by atoms with E-state index in [1.165, 1.54) is 7.11 Å². The highest BCUT2D eigenvalue weighted by Crippen LogP contribution is 2.39. The van der Waals surface area contributed by atoms with Crippen LogP contribution in [0.5, 0.6) is 11.5 Å². The monoisotopic (exact) mass is 294 g/mol. The van der Waals surface area contributed by atoms with Gasteiger partial charge in [-0.2, -0.15) is 0 Å². The molecule has 0 aliphatic carbocycles. The molecule has 0 spiro atoms. The van der Waals surface area contributed by atoms with Crippen LogP contribution in [0.4, 0.5) is 0 Å². The molecule has 1 aliphatic rings. The summed E-state index contributed by atoms with van der Waals surface area (Å²) in [5.41, 5.74) is -0.743. The first-order valence-electron chi connectivity index (χ1n) is 7.08. The summed E-state index contributed by atoms with van der Waals surface area (Å²) < 4.78 is 15.8. The third-order valence-corrected chi connectivity index (χ3v) is 3.85. The molecule has 2 rings (SSSR count). The number of carbonyl (C=O) groups excluding carboxylic acids is 1. The maximum Gasteiger partial charge on any atom is 0.312 e. The van der Waals surface area contributed by atoms with Gasteiger partial charge >= 0.3 is 5.97 Å². The maximum atomic E-state index is 12.0. The van der Waals surface area contributed by atoms with Gasteiger partial charge in [0.05, 0.1) is 13.0 Å². The van der Waals surface area contributed by atoms with Crippen LogP contribution in [0.15, 0.2) is 18.2 Å². The normalized spacial score (nSPS) is 18.0. The van der Waals surface area contributed by atoms with Crippen molar-refractivity contribution in [1.29, 1.82) is 0 Å². The second-order valence-corrected chi connectivity index (χ2v) is 5.75. The molecule has 0 saturated heterocycles. The van der Waals surface area contributed by atoms with Crippen LogP contribution < -0.4 is 9.47 Å². The molecule has 0 fully saturated rings. The van der Waals surface area contributed by atoms with E-state index in [-0.39, 0.29) is 5.92 Å². The average Bonchev–Trinajstić information content (AvgIpc) is 2.45. The largest absolute Gasteiger partial charge is 0.486 e. The van der Waals surface area contributed by atoms with Gasteiger partial charge in [-0.3, -0.25) is 4.79 Å². The SMILES string of the molecule is COC(=O)C(C(C)C)C(C)(O)c1ccc2c(c1)OCCO2. The minimum Gasteiger partial charge on any atom is -0.486 e. The molecule has 1 N–H and O–H groups in total. The summed E-state index contributed by atoms with van der Waals surface area (Å²) in [5, 5.41) is 10.9. The Hall–Kier alpha value is -1.75. The molecule has 0 aromatic heterocycles.